The van der Waals surface area contributed by atoms with E-state index in [0.29, 0.717) is 26.2 Å². The van der Waals surface area contributed by atoms with Crippen molar-refractivity contribution in [2.75, 3.05) is 26.2 Å². The number of hydrogen-bond donors (Lipinski definition) is 1. The first-order valence-corrected chi connectivity index (χ1v) is 6.28. The molecule has 5 heteroatoms. The summed E-state index contributed by atoms with van der Waals surface area (Å²) < 4.78 is 0. The molecule has 18 heavy (non-hydrogen) atoms. The number of hydrogen-bond acceptors (Lipinski definition) is 2. The van der Waals surface area contributed by atoms with Crippen molar-refractivity contribution < 1.29 is 9.59 Å². The molecule has 1 saturated heterocycles. The Hall–Kier alpha value is -1.52. The Kier molecular flexibility index (Phi) is 4.76. The van der Waals surface area contributed by atoms with Crippen LogP contribution in [0.3, 0.4) is 0 Å². The van der Waals surface area contributed by atoms with Crippen molar-refractivity contribution in [1.82, 2.24) is 15.1 Å². The van der Waals surface area contributed by atoms with E-state index in [1.165, 1.54) is 0 Å². The normalized spacial score (nSPS) is 17.1. The molecule has 0 aliphatic carbocycles. The number of rotatable bonds is 1. The summed E-state index contributed by atoms with van der Waals surface area (Å²) in [6, 6.07) is -0.0984. The Bertz CT molecular complexity index is 337. The monoisotopic (exact) mass is 253 g/mol. The predicted octanol–water partition coefficient (Wildman–Crippen LogP) is 1.42. The zero-order chi connectivity index (χ0) is 13.8. The van der Waals surface area contributed by atoms with Gasteiger partial charge in [0, 0.05) is 39.3 Å². The third-order valence-electron chi connectivity index (χ3n) is 2.80. The van der Waals surface area contributed by atoms with Crippen LogP contribution >= 0.6 is 0 Å². The van der Waals surface area contributed by atoms with E-state index in [1.54, 1.807) is 22.9 Å². The highest BCUT2D eigenvalue weighted by Gasteiger charge is 2.21. The second-order valence-electron chi connectivity index (χ2n) is 5.64. The fraction of sp³-hybridized carbons (Fsp3) is 0.692. The smallest absolute Gasteiger partial charge is 0.321 e. The molecular weight excluding hydrogens is 230 g/mol. The van der Waals surface area contributed by atoms with Crippen molar-refractivity contribution in [1.29, 1.82) is 0 Å². The minimum atomic E-state index is -0.0984. The van der Waals surface area contributed by atoms with Gasteiger partial charge >= 0.3 is 6.03 Å². The van der Waals surface area contributed by atoms with Crippen LogP contribution in [-0.2, 0) is 4.79 Å². The zero-order valence-corrected chi connectivity index (χ0v) is 11.7. The van der Waals surface area contributed by atoms with Gasteiger partial charge < -0.3 is 15.1 Å². The second-order valence-corrected chi connectivity index (χ2v) is 5.64. The molecule has 0 spiro atoms. The highest BCUT2D eigenvalue weighted by atomic mass is 16.2. The number of nitrogens with zero attached hydrogens (tertiary/aromatic N) is 2. The maximum Gasteiger partial charge on any atom is 0.321 e. The lowest BCUT2D eigenvalue weighted by atomic mass is 9.97. The number of piperazine rings is 1. The van der Waals surface area contributed by atoms with Crippen LogP contribution in [0.25, 0.3) is 0 Å². The first kappa shape index (κ1) is 14.5. The number of allylic oxidation sites excluding steroid dienone is 1. The highest BCUT2D eigenvalue weighted by molar-refractivity contribution is 5.76. The average molecular weight is 253 g/mol. The van der Waals surface area contributed by atoms with Gasteiger partial charge in [0.15, 0.2) is 0 Å². The van der Waals surface area contributed by atoms with Crippen molar-refractivity contribution in [2.24, 2.45) is 5.41 Å². The SMILES string of the molecule is CC(=O)N1CCN(C(=O)N/C=C/C(C)(C)C)CC1. The molecule has 0 saturated carbocycles. The van der Waals surface area contributed by atoms with Crippen LogP contribution in [0.2, 0.25) is 0 Å². The Balaban J connectivity index is 2.37. The minimum absolute atomic E-state index is 0.0562. The van der Waals surface area contributed by atoms with Gasteiger partial charge in [0.2, 0.25) is 5.91 Å². The standard InChI is InChI=1S/C13H23N3O2/c1-11(17)15-7-9-16(10-8-15)12(18)14-6-5-13(2,3)4/h5-6H,7-10H2,1-4H3,(H,14,18)/b6-5+. The van der Waals surface area contributed by atoms with Crippen LogP contribution in [0.1, 0.15) is 27.7 Å². The second kappa shape index (κ2) is 5.89. The van der Waals surface area contributed by atoms with Crippen LogP contribution in [-0.4, -0.2) is 47.9 Å². The molecule has 1 heterocycles. The summed E-state index contributed by atoms with van der Waals surface area (Å²) >= 11 is 0. The van der Waals surface area contributed by atoms with Gasteiger partial charge in [-0.15, -0.1) is 0 Å². The van der Waals surface area contributed by atoms with Gasteiger partial charge in [-0.05, 0) is 5.41 Å². The molecule has 0 aromatic rings. The molecule has 1 aliphatic rings. The number of nitrogens with one attached hydrogen (secondary N) is 1. The Morgan fingerprint density at radius 3 is 2.00 bits per heavy atom. The van der Waals surface area contributed by atoms with E-state index in [-0.39, 0.29) is 17.4 Å². The largest absolute Gasteiger partial charge is 0.339 e. The summed E-state index contributed by atoms with van der Waals surface area (Å²) in [5.74, 6) is 0.0719. The number of carbonyl (C=O) groups is 2. The van der Waals surface area contributed by atoms with E-state index in [1.807, 2.05) is 6.08 Å². The fourth-order valence-corrected chi connectivity index (χ4v) is 1.68. The molecule has 3 amide bonds. The van der Waals surface area contributed by atoms with E-state index in [9.17, 15) is 9.59 Å². The maximum atomic E-state index is 11.8. The topological polar surface area (TPSA) is 52.7 Å². The molecular formula is C13H23N3O2. The Morgan fingerprint density at radius 1 is 1.06 bits per heavy atom. The average Bonchev–Trinajstić information content (AvgIpc) is 2.27. The minimum Gasteiger partial charge on any atom is -0.339 e. The summed E-state index contributed by atoms with van der Waals surface area (Å²) in [5.41, 5.74) is 0.0562. The van der Waals surface area contributed by atoms with E-state index in [0.717, 1.165) is 0 Å². The van der Waals surface area contributed by atoms with Crippen LogP contribution in [0.15, 0.2) is 12.3 Å². The van der Waals surface area contributed by atoms with Crippen molar-refractivity contribution in [3.63, 3.8) is 0 Å². The molecule has 0 aromatic heterocycles. The van der Waals surface area contributed by atoms with Crippen LogP contribution < -0.4 is 5.32 Å². The van der Waals surface area contributed by atoms with E-state index < -0.39 is 0 Å². The summed E-state index contributed by atoms with van der Waals surface area (Å²) in [7, 11) is 0. The van der Waals surface area contributed by atoms with Crippen LogP contribution in [0, 0.1) is 5.41 Å². The molecule has 0 unspecified atom stereocenters. The maximum absolute atomic E-state index is 11.8. The van der Waals surface area contributed by atoms with Crippen molar-refractivity contribution >= 4 is 11.9 Å². The molecule has 0 atom stereocenters. The highest BCUT2D eigenvalue weighted by Crippen LogP contribution is 2.13. The van der Waals surface area contributed by atoms with Crippen LogP contribution in [0.4, 0.5) is 4.79 Å². The van der Waals surface area contributed by atoms with E-state index in [2.05, 4.69) is 26.1 Å². The molecule has 102 valence electrons. The molecule has 1 rings (SSSR count). The lowest BCUT2D eigenvalue weighted by molar-refractivity contribution is -0.130. The number of amides is 3. The van der Waals surface area contributed by atoms with Crippen molar-refractivity contribution in [3.05, 3.63) is 12.3 Å². The first-order chi connectivity index (χ1) is 8.29. The number of urea groups is 1. The van der Waals surface area contributed by atoms with Gasteiger partial charge in [-0.2, -0.15) is 0 Å². The molecule has 0 radical (unpaired) electrons. The third-order valence-corrected chi connectivity index (χ3v) is 2.80. The van der Waals surface area contributed by atoms with Crippen molar-refractivity contribution in [3.8, 4) is 0 Å². The number of carbonyl (C=O) groups excluding carboxylic acids is 2. The Morgan fingerprint density at radius 2 is 1.56 bits per heavy atom. The van der Waals surface area contributed by atoms with Gasteiger partial charge in [0.25, 0.3) is 0 Å². The molecule has 5 nitrogen and oxygen atoms in total. The molecule has 0 aromatic carbocycles. The summed E-state index contributed by atoms with van der Waals surface area (Å²) in [4.78, 5) is 26.5. The third kappa shape index (κ3) is 4.77. The summed E-state index contributed by atoms with van der Waals surface area (Å²) in [6.07, 6.45) is 3.65. The van der Waals surface area contributed by atoms with Crippen molar-refractivity contribution in [2.45, 2.75) is 27.7 Å². The van der Waals surface area contributed by atoms with Gasteiger partial charge in [-0.1, -0.05) is 26.8 Å². The summed E-state index contributed by atoms with van der Waals surface area (Å²) in [6.45, 7) is 10.2. The predicted molar refractivity (Wildman–Crippen MR) is 71.0 cm³/mol. The molecule has 0 bridgehead atoms. The Labute approximate surface area is 109 Å². The van der Waals surface area contributed by atoms with Crippen LogP contribution in [0.5, 0.6) is 0 Å². The van der Waals surface area contributed by atoms with Gasteiger partial charge in [-0.3, -0.25) is 4.79 Å². The summed E-state index contributed by atoms with van der Waals surface area (Å²) in [5, 5.41) is 2.76. The van der Waals surface area contributed by atoms with E-state index >= 15 is 0 Å². The lowest BCUT2D eigenvalue weighted by Gasteiger charge is -2.33. The van der Waals surface area contributed by atoms with Gasteiger partial charge in [0.05, 0.1) is 0 Å². The molecule has 1 aliphatic heterocycles. The first-order valence-electron chi connectivity index (χ1n) is 6.28. The zero-order valence-electron chi connectivity index (χ0n) is 11.7. The quantitative estimate of drug-likeness (QED) is 0.768. The van der Waals surface area contributed by atoms with Gasteiger partial charge in [-0.25, -0.2) is 4.79 Å². The fourth-order valence-electron chi connectivity index (χ4n) is 1.68. The molecule has 1 fully saturated rings. The lowest BCUT2D eigenvalue weighted by Crippen LogP contribution is -2.52. The van der Waals surface area contributed by atoms with E-state index in [4.69, 9.17) is 0 Å². The van der Waals surface area contributed by atoms with Gasteiger partial charge in [0.1, 0.15) is 0 Å². The molecule has 1 N–H and O–H groups in total.